The number of ether oxygens (including phenoxy) is 3. The number of methoxy groups -OCH3 is 2. The predicted octanol–water partition coefficient (Wildman–Crippen LogP) is 8.40. The Kier molecular flexibility index (Phi) is 16.9. The minimum absolute atomic E-state index is 0.115. The largest absolute Gasteiger partial charge is 0.457 e. The Morgan fingerprint density at radius 3 is 1.56 bits per heavy atom. The van der Waals surface area contributed by atoms with Crippen molar-refractivity contribution in [3.05, 3.63) is 72.6 Å². The Morgan fingerprint density at radius 2 is 1.12 bits per heavy atom. The molecule has 2 saturated heterocycles. The lowest BCUT2D eigenvalue weighted by atomic mass is 10.0. The Balaban J connectivity index is 0.00000186. The average molecular weight is 815 g/mol. The van der Waals surface area contributed by atoms with E-state index < -0.39 is 24.3 Å². The van der Waals surface area contributed by atoms with Crippen molar-refractivity contribution in [1.29, 1.82) is 0 Å². The molecule has 320 valence electrons. The number of aromatic amines is 2. The van der Waals surface area contributed by atoms with E-state index in [0.29, 0.717) is 36.2 Å². The maximum atomic E-state index is 13.5. The Bertz CT molecular complexity index is 1970. The van der Waals surface area contributed by atoms with E-state index >= 15 is 0 Å². The van der Waals surface area contributed by atoms with Crippen LogP contribution in [-0.2, 0) is 19.1 Å². The Hall–Kier alpha value is -5.86. The molecule has 0 bridgehead atoms. The molecule has 4 N–H and O–H groups in total. The van der Waals surface area contributed by atoms with Gasteiger partial charge >= 0.3 is 12.2 Å². The molecule has 4 aromatic rings. The highest BCUT2D eigenvalue weighted by atomic mass is 16.5. The standard InChI is InChI=1S/C40H50N8O7.2C2H6/c1-23(2)33(45-39(51)53-5)37(49)47-18-8-12-31(47)35-41-21-29(43-35)25-14-16-27(17-15-25)55-28-11-7-10-26(20-28)30-22-42-36(44-30)32-13-9-19-48(32)38(50)34(24(3)4)46-40(52)54-6;2*1-2/h7,10-11,14-17,20-24,31-34H,8-9,12-13,18-19H2,1-6H3,(H,41,43)(H,42,44)(H,45,51)(H,46,52);2*1-2H3/t31-,32?,33-,34?;;/m0../s1. The van der Waals surface area contributed by atoms with E-state index in [1.54, 1.807) is 22.2 Å². The molecular weight excluding hydrogens is 753 g/mol. The van der Waals surface area contributed by atoms with Crippen LogP contribution in [0.4, 0.5) is 9.59 Å². The van der Waals surface area contributed by atoms with Crippen LogP contribution in [0.5, 0.6) is 11.5 Å². The van der Waals surface area contributed by atoms with Crippen LogP contribution in [0.2, 0.25) is 0 Å². The van der Waals surface area contributed by atoms with Crippen molar-refractivity contribution in [3.63, 3.8) is 0 Å². The highest BCUT2D eigenvalue weighted by Gasteiger charge is 2.39. The van der Waals surface area contributed by atoms with Crippen molar-refractivity contribution < 1.29 is 33.4 Å². The summed E-state index contributed by atoms with van der Waals surface area (Å²) in [6, 6.07) is 13.5. The number of H-pyrrole nitrogens is 2. The molecule has 2 aromatic carbocycles. The molecule has 15 heteroatoms. The number of likely N-dealkylation sites (tertiary alicyclic amines) is 2. The number of carbonyl (C=O) groups excluding carboxylic acids is 4. The number of hydrogen-bond donors (Lipinski definition) is 4. The molecule has 0 spiro atoms. The summed E-state index contributed by atoms with van der Waals surface area (Å²) in [4.78, 5) is 70.7. The van der Waals surface area contributed by atoms with Crippen molar-refractivity contribution >= 4 is 24.0 Å². The molecule has 4 heterocycles. The van der Waals surface area contributed by atoms with E-state index in [-0.39, 0.29) is 35.7 Å². The zero-order valence-electron chi connectivity index (χ0n) is 36.1. The highest BCUT2D eigenvalue weighted by molar-refractivity contribution is 5.87. The summed E-state index contributed by atoms with van der Waals surface area (Å²) in [5.41, 5.74) is 3.39. The fourth-order valence-electron chi connectivity index (χ4n) is 7.26. The van der Waals surface area contributed by atoms with Crippen molar-refractivity contribution in [3.8, 4) is 34.0 Å². The lowest BCUT2D eigenvalue weighted by Gasteiger charge is -2.30. The molecular formula is C44H62N8O7. The third kappa shape index (κ3) is 11.2. The molecule has 2 aromatic heterocycles. The van der Waals surface area contributed by atoms with Gasteiger partial charge in [-0.25, -0.2) is 19.6 Å². The number of alkyl carbamates (subject to hydrolysis) is 2. The monoisotopic (exact) mass is 814 g/mol. The lowest BCUT2D eigenvalue weighted by Crippen LogP contribution is -2.51. The van der Waals surface area contributed by atoms with E-state index in [0.717, 1.165) is 48.2 Å². The van der Waals surface area contributed by atoms with Crippen LogP contribution in [0.3, 0.4) is 0 Å². The number of aromatic nitrogens is 4. The maximum absolute atomic E-state index is 13.5. The van der Waals surface area contributed by atoms with Crippen LogP contribution < -0.4 is 15.4 Å². The molecule has 0 radical (unpaired) electrons. The van der Waals surface area contributed by atoms with Crippen LogP contribution in [0.1, 0.15) is 105 Å². The number of nitrogens with zero attached hydrogens (tertiary/aromatic N) is 4. The van der Waals surface area contributed by atoms with Gasteiger partial charge in [0.1, 0.15) is 35.2 Å². The lowest BCUT2D eigenvalue weighted by molar-refractivity contribution is -0.136. The first-order chi connectivity index (χ1) is 28.5. The van der Waals surface area contributed by atoms with Gasteiger partial charge in [-0.15, -0.1) is 0 Å². The Labute approximate surface area is 348 Å². The zero-order valence-corrected chi connectivity index (χ0v) is 36.1. The number of rotatable bonds is 12. The van der Waals surface area contributed by atoms with Gasteiger partial charge in [-0.3, -0.25) is 9.59 Å². The SMILES string of the molecule is CC.CC.COC(=O)NC(C(=O)N1CCCC1c1ncc(-c2cccc(Oc3ccc(-c4cnc([C@@H]5CCCN5C(=O)[C@@H](NC(=O)OC)C(C)C)[nH]4)cc3)c2)[nH]1)C(C)C. The van der Waals surface area contributed by atoms with Crippen LogP contribution in [0.25, 0.3) is 22.5 Å². The number of amides is 4. The summed E-state index contributed by atoms with van der Waals surface area (Å²) in [6.45, 7) is 16.7. The summed E-state index contributed by atoms with van der Waals surface area (Å²) < 4.78 is 15.7. The van der Waals surface area contributed by atoms with E-state index in [4.69, 9.17) is 14.2 Å². The number of carbonyl (C=O) groups is 4. The molecule has 15 nitrogen and oxygen atoms in total. The van der Waals surface area contributed by atoms with E-state index in [1.165, 1.54) is 14.2 Å². The van der Waals surface area contributed by atoms with E-state index in [2.05, 4.69) is 30.6 Å². The van der Waals surface area contributed by atoms with Gasteiger partial charge in [-0.05, 0) is 79.5 Å². The van der Waals surface area contributed by atoms with Crippen molar-refractivity contribution in [2.45, 2.75) is 105 Å². The van der Waals surface area contributed by atoms with Crippen molar-refractivity contribution in [1.82, 2.24) is 40.4 Å². The van der Waals surface area contributed by atoms with Gasteiger partial charge in [0.2, 0.25) is 11.8 Å². The molecule has 59 heavy (non-hydrogen) atoms. The number of benzene rings is 2. The maximum Gasteiger partial charge on any atom is 0.407 e. The normalized spacial score (nSPS) is 16.9. The fraction of sp³-hybridized carbons (Fsp3) is 0.500. The van der Waals surface area contributed by atoms with Crippen LogP contribution in [0.15, 0.2) is 60.9 Å². The summed E-state index contributed by atoms with van der Waals surface area (Å²) in [5, 5.41) is 5.37. The van der Waals surface area contributed by atoms with E-state index in [9.17, 15) is 19.2 Å². The molecule has 6 rings (SSSR count). The second-order valence-corrected chi connectivity index (χ2v) is 14.6. The summed E-state index contributed by atoms with van der Waals surface area (Å²) in [6.07, 6.45) is 5.45. The summed E-state index contributed by atoms with van der Waals surface area (Å²) in [5.74, 6) is 2.13. The highest BCUT2D eigenvalue weighted by Crippen LogP contribution is 2.35. The Morgan fingerprint density at radius 1 is 0.661 bits per heavy atom. The van der Waals surface area contributed by atoms with Gasteiger partial charge in [-0.2, -0.15) is 0 Å². The second kappa shape index (κ2) is 21.8. The van der Waals surface area contributed by atoms with Crippen molar-refractivity contribution in [2.75, 3.05) is 27.3 Å². The number of hydrogen-bond acceptors (Lipinski definition) is 9. The molecule has 4 amide bonds. The van der Waals surface area contributed by atoms with Gasteiger partial charge in [0.05, 0.1) is 50.1 Å². The third-order valence-corrected chi connectivity index (χ3v) is 10.2. The second-order valence-electron chi connectivity index (χ2n) is 14.6. The average Bonchev–Trinajstić information content (AvgIpc) is 4.10. The first-order valence-corrected chi connectivity index (χ1v) is 20.8. The molecule has 0 aliphatic carbocycles. The van der Waals surface area contributed by atoms with E-state index in [1.807, 2.05) is 104 Å². The van der Waals surface area contributed by atoms with Gasteiger partial charge in [0.25, 0.3) is 0 Å². The van der Waals surface area contributed by atoms with Crippen molar-refractivity contribution in [2.24, 2.45) is 11.8 Å². The minimum atomic E-state index is -0.704. The first kappa shape index (κ1) is 45.8. The molecule has 4 atom stereocenters. The minimum Gasteiger partial charge on any atom is -0.457 e. The molecule has 2 aliphatic heterocycles. The van der Waals surface area contributed by atoms with Gasteiger partial charge in [0, 0.05) is 18.7 Å². The fourth-order valence-corrected chi connectivity index (χ4v) is 7.26. The van der Waals surface area contributed by atoms with Crippen LogP contribution >= 0.6 is 0 Å². The molecule has 2 aliphatic rings. The van der Waals surface area contributed by atoms with Gasteiger partial charge < -0.3 is 44.6 Å². The summed E-state index contributed by atoms with van der Waals surface area (Å²) >= 11 is 0. The van der Waals surface area contributed by atoms with Crippen LogP contribution in [-0.4, -0.2) is 93.1 Å². The van der Waals surface area contributed by atoms with Gasteiger partial charge in [0.15, 0.2) is 0 Å². The zero-order chi connectivity index (χ0) is 43.2. The summed E-state index contributed by atoms with van der Waals surface area (Å²) in [7, 11) is 2.56. The molecule has 0 saturated carbocycles. The number of imidazole rings is 2. The molecule has 2 fully saturated rings. The third-order valence-electron chi connectivity index (χ3n) is 10.2. The quantitative estimate of drug-likeness (QED) is 0.109. The number of nitrogens with one attached hydrogen (secondary N) is 4. The smallest absolute Gasteiger partial charge is 0.407 e. The van der Waals surface area contributed by atoms with Crippen LogP contribution in [0, 0.1) is 11.8 Å². The molecule has 2 unspecified atom stereocenters. The first-order valence-electron chi connectivity index (χ1n) is 20.8. The topological polar surface area (TPSA) is 184 Å². The predicted molar refractivity (Wildman–Crippen MR) is 227 cm³/mol. The van der Waals surface area contributed by atoms with Gasteiger partial charge in [-0.1, -0.05) is 67.5 Å².